The normalized spacial score (nSPS) is 21.7. The van der Waals surface area contributed by atoms with Crippen LogP contribution >= 0.6 is 11.3 Å². The standard InChI is InChI=1S/C20H23FN2O2S.C2HF3O2/c1-23(20(24)25-17-11-15-5-6-16(12-17)22-15)18-7-8-26-19(18)10-13-3-2-4-14(21)9-13;3-2(4,5)1(6)7/h2-4,7-9,15-17,22H,5-6,10-12H2,1H3;(H,6,7). The molecule has 2 aliphatic heterocycles. The summed E-state index contributed by atoms with van der Waals surface area (Å²) in [4.78, 5) is 24.1. The Morgan fingerprint density at radius 3 is 2.42 bits per heavy atom. The first kappa shape index (κ1) is 25.0. The number of hydrogen-bond acceptors (Lipinski definition) is 5. The van der Waals surface area contributed by atoms with E-state index in [-0.39, 0.29) is 18.0 Å². The number of benzene rings is 1. The van der Waals surface area contributed by atoms with E-state index in [2.05, 4.69) is 5.32 Å². The zero-order valence-electron chi connectivity index (χ0n) is 17.8. The largest absolute Gasteiger partial charge is 0.490 e. The highest BCUT2D eigenvalue weighted by atomic mass is 32.1. The van der Waals surface area contributed by atoms with Crippen LogP contribution in [0.1, 0.15) is 36.1 Å². The van der Waals surface area contributed by atoms with Gasteiger partial charge in [0.2, 0.25) is 0 Å². The van der Waals surface area contributed by atoms with Crippen molar-refractivity contribution in [2.24, 2.45) is 0 Å². The average Bonchev–Trinajstić information content (AvgIpc) is 3.33. The molecule has 2 N–H and O–H groups in total. The molecular weight excluding hydrogens is 464 g/mol. The number of thiophene rings is 1. The molecule has 180 valence electrons. The van der Waals surface area contributed by atoms with E-state index >= 15 is 0 Å². The Bertz CT molecular complexity index is 969. The van der Waals surface area contributed by atoms with Gasteiger partial charge in [-0.1, -0.05) is 12.1 Å². The molecule has 11 heteroatoms. The number of carbonyl (C=O) groups is 2. The summed E-state index contributed by atoms with van der Waals surface area (Å²) in [6, 6.07) is 9.48. The molecule has 2 unspecified atom stereocenters. The molecule has 33 heavy (non-hydrogen) atoms. The van der Waals surface area contributed by atoms with Crippen molar-refractivity contribution in [3.05, 3.63) is 52.0 Å². The van der Waals surface area contributed by atoms with Crippen LogP contribution in [-0.4, -0.2) is 48.6 Å². The minimum atomic E-state index is -5.08. The second-order valence-electron chi connectivity index (χ2n) is 8.01. The summed E-state index contributed by atoms with van der Waals surface area (Å²) in [6.45, 7) is 0. The summed E-state index contributed by atoms with van der Waals surface area (Å²) in [5, 5.41) is 12.6. The van der Waals surface area contributed by atoms with Gasteiger partial charge < -0.3 is 15.2 Å². The third-order valence-electron chi connectivity index (χ3n) is 5.55. The molecule has 2 fully saturated rings. The fourth-order valence-corrected chi connectivity index (χ4v) is 4.96. The van der Waals surface area contributed by atoms with E-state index in [4.69, 9.17) is 14.6 Å². The molecule has 1 aromatic carbocycles. The van der Waals surface area contributed by atoms with Crippen LogP contribution in [0, 0.1) is 5.82 Å². The lowest BCUT2D eigenvalue weighted by Crippen LogP contribution is -2.43. The van der Waals surface area contributed by atoms with Gasteiger partial charge in [-0.25, -0.2) is 14.0 Å². The number of carboxylic acids is 1. The van der Waals surface area contributed by atoms with Crippen LogP contribution in [0.15, 0.2) is 35.7 Å². The number of fused-ring (bicyclic) bond motifs is 2. The second kappa shape index (κ2) is 10.5. The molecule has 2 saturated heterocycles. The van der Waals surface area contributed by atoms with Crippen molar-refractivity contribution in [2.75, 3.05) is 11.9 Å². The molecule has 1 amide bonds. The highest BCUT2D eigenvalue weighted by molar-refractivity contribution is 7.10. The lowest BCUT2D eigenvalue weighted by Gasteiger charge is -2.30. The second-order valence-corrected chi connectivity index (χ2v) is 9.01. The van der Waals surface area contributed by atoms with Crippen LogP contribution in [0.2, 0.25) is 0 Å². The van der Waals surface area contributed by atoms with E-state index in [1.165, 1.54) is 25.0 Å². The van der Waals surface area contributed by atoms with E-state index in [1.54, 1.807) is 29.4 Å². The Labute approximate surface area is 192 Å². The number of rotatable bonds is 4. The molecular formula is C22H24F4N2O4S. The molecule has 1 aromatic heterocycles. The van der Waals surface area contributed by atoms with E-state index in [0.717, 1.165) is 29.0 Å². The van der Waals surface area contributed by atoms with Gasteiger partial charge in [0.25, 0.3) is 0 Å². The Hall–Kier alpha value is -2.66. The summed E-state index contributed by atoms with van der Waals surface area (Å²) in [5.41, 5.74) is 1.73. The molecule has 0 aliphatic carbocycles. The highest BCUT2D eigenvalue weighted by Gasteiger charge is 2.38. The molecule has 0 radical (unpaired) electrons. The fourth-order valence-electron chi connectivity index (χ4n) is 4.02. The maximum atomic E-state index is 13.4. The van der Waals surface area contributed by atoms with Crippen LogP contribution < -0.4 is 10.2 Å². The molecule has 2 aliphatic rings. The Kier molecular flexibility index (Phi) is 7.96. The van der Waals surface area contributed by atoms with Gasteiger partial charge in [0.1, 0.15) is 11.9 Å². The third-order valence-corrected chi connectivity index (χ3v) is 6.46. The number of halogens is 4. The number of aliphatic carboxylic acids is 1. The van der Waals surface area contributed by atoms with E-state index in [1.807, 2.05) is 17.5 Å². The van der Waals surface area contributed by atoms with Crippen LogP contribution in [0.25, 0.3) is 0 Å². The Morgan fingerprint density at radius 1 is 1.21 bits per heavy atom. The number of carboxylic acid groups (broad SMARTS) is 1. The maximum absolute atomic E-state index is 13.4. The van der Waals surface area contributed by atoms with Gasteiger partial charge in [-0.15, -0.1) is 11.3 Å². The quantitative estimate of drug-likeness (QED) is 0.595. The van der Waals surface area contributed by atoms with Crippen molar-refractivity contribution in [3.8, 4) is 0 Å². The first-order valence-corrected chi connectivity index (χ1v) is 11.2. The first-order valence-electron chi connectivity index (χ1n) is 10.3. The van der Waals surface area contributed by atoms with Gasteiger partial charge in [0, 0.05) is 30.4 Å². The van der Waals surface area contributed by atoms with E-state index in [9.17, 15) is 22.4 Å². The number of amides is 1. The van der Waals surface area contributed by atoms with Gasteiger partial charge in [-0.3, -0.25) is 4.90 Å². The van der Waals surface area contributed by atoms with Gasteiger partial charge in [-0.05, 0) is 54.8 Å². The summed E-state index contributed by atoms with van der Waals surface area (Å²) >= 11 is 1.57. The van der Waals surface area contributed by atoms with Gasteiger partial charge in [0.15, 0.2) is 0 Å². The monoisotopic (exact) mass is 488 g/mol. The van der Waals surface area contributed by atoms with Crippen LogP contribution in [0.3, 0.4) is 0 Å². The van der Waals surface area contributed by atoms with Gasteiger partial charge in [0.05, 0.1) is 5.69 Å². The number of anilines is 1. The molecule has 4 rings (SSSR count). The fraction of sp³-hybridized carbons (Fsp3) is 0.455. The van der Waals surface area contributed by atoms with Crippen molar-refractivity contribution in [1.82, 2.24) is 5.32 Å². The first-order chi connectivity index (χ1) is 15.5. The number of hydrogen-bond donors (Lipinski definition) is 2. The average molecular weight is 489 g/mol. The predicted molar refractivity (Wildman–Crippen MR) is 115 cm³/mol. The van der Waals surface area contributed by atoms with Crippen molar-refractivity contribution in [2.45, 2.75) is 56.5 Å². The summed E-state index contributed by atoms with van der Waals surface area (Å²) in [5.74, 6) is -3.00. The number of nitrogens with one attached hydrogen (secondary N) is 1. The van der Waals surface area contributed by atoms with Crippen LogP contribution in [0.5, 0.6) is 0 Å². The Morgan fingerprint density at radius 2 is 1.85 bits per heavy atom. The molecule has 3 heterocycles. The number of alkyl halides is 3. The van der Waals surface area contributed by atoms with E-state index in [0.29, 0.717) is 18.5 Å². The molecule has 6 nitrogen and oxygen atoms in total. The predicted octanol–water partition coefficient (Wildman–Crippen LogP) is 4.97. The number of carbonyl (C=O) groups excluding carboxylic acids is 1. The molecule has 0 saturated carbocycles. The zero-order chi connectivity index (χ0) is 24.2. The maximum Gasteiger partial charge on any atom is 0.490 e. The SMILES string of the molecule is CN(C(=O)OC1CC2CCC(C1)N2)c1ccsc1Cc1cccc(F)c1.O=C(O)C(F)(F)F. The number of nitrogens with zero attached hydrogens (tertiary/aromatic N) is 1. The van der Waals surface area contributed by atoms with Crippen molar-refractivity contribution >= 4 is 29.1 Å². The minimum absolute atomic E-state index is 0.00555. The smallest absolute Gasteiger partial charge is 0.475 e. The topological polar surface area (TPSA) is 78.9 Å². The minimum Gasteiger partial charge on any atom is -0.475 e. The zero-order valence-corrected chi connectivity index (χ0v) is 18.6. The molecule has 0 spiro atoms. The van der Waals surface area contributed by atoms with Crippen LogP contribution in [0.4, 0.5) is 28.0 Å². The van der Waals surface area contributed by atoms with Crippen molar-refractivity contribution in [3.63, 3.8) is 0 Å². The third kappa shape index (κ3) is 6.91. The van der Waals surface area contributed by atoms with Crippen molar-refractivity contribution in [1.29, 1.82) is 0 Å². The number of ether oxygens (including phenoxy) is 1. The summed E-state index contributed by atoms with van der Waals surface area (Å²) < 4.78 is 50.9. The summed E-state index contributed by atoms with van der Waals surface area (Å²) in [7, 11) is 1.75. The van der Waals surface area contributed by atoms with E-state index < -0.39 is 12.1 Å². The summed E-state index contributed by atoms with van der Waals surface area (Å²) in [6.07, 6.45) is -0.650. The Balaban J connectivity index is 0.000000383. The molecule has 2 aromatic rings. The molecule has 2 bridgehead atoms. The van der Waals surface area contributed by atoms with Gasteiger partial charge in [-0.2, -0.15) is 13.2 Å². The lowest BCUT2D eigenvalue weighted by atomic mass is 10.0. The van der Waals surface area contributed by atoms with Gasteiger partial charge >= 0.3 is 18.2 Å². The van der Waals surface area contributed by atoms with Crippen LogP contribution in [-0.2, 0) is 16.0 Å². The van der Waals surface area contributed by atoms with Crippen molar-refractivity contribution < 1.29 is 37.0 Å². The highest BCUT2D eigenvalue weighted by Crippen LogP contribution is 2.31. The molecule has 2 atom stereocenters. The number of piperidine rings is 1. The lowest BCUT2D eigenvalue weighted by molar-refractivity contribution is -0.192.